The molecule has 92 valence electrons. The van der Waals surface area contributed by atoms with Gasteiger partial charge in [-0.05, 0) is 12.5 Å². The summed E-state index contributed by atoms with van der Waals surface area (Å²) in [5, 5.41) is 13.7. The highest BCUT2D eigenvalue weighted by Crippen LogP contribution is 2.23. The second-order valence-corrected chi connectivity index (χ2v) is 4.12. The van der Waals surface area contributed by atoms with E-state index in [1.54, 1.807) is 6.08 Å². The van der Waals surface area contributed by atoms with Crippen LogP contribution < -0.4 is 5.32 Å². The first-order valence-electron chi connectivity index (χ1n) is 5.74. The molecule has 0 unspecified atom stereocenters. The lowest BCUT2D eigenvalue weighted by molar-refractivity contribution is -0.430. The standard InChI is InChI=1S/C11H15N3O3/c15-11-5-7-13(8-6-12-11)9-3-1-2-4-10(9)14(16)17/h1,3H,2,4-8H2,(H,12,15). The van der Waals surface area contributed by atoms with E-state index >= 15 is 0 Å². The Kier molecular flexibility index (Phi) is 3.41. The summed E-state index contributed by atoms with van der Waals surface area (Å²) >= 11 is 0. The molecule has 1 N–H and O–H groups in total. The van der Waals surface area contributed by atoms with Crippen molar-refractivity contribution in [2.45, 2.75) is 19.3 Å². The summed E-state index contributed by atoms with van der Waals surface area (Å²) in [6, 6.07) is 0. The van der Waals surface area contributed by atoms with Crippen LogP contribution in [0.4, 0.5) is 0 Å². The Morgan fingerprint density at radius 1 is 1.35 bits per heavy atom. The Morgan fingerprint density at radius 2 is 2.18 bits per heavy atom. The maximum atomic E-state index is 11.2. The fourth-order valence-corrected chi connectivity index (χ4v) is 2.12. The van der Waals surface area contributed by atoms with Crippen molar-refractivity contribution in [3.05, 3.63) is 33.7 Å². The highest BCUT2D eigenvalue weighted by atomic mass is 16.6. The van der Waals surface area contributed by atoms with Gasteiger partial charge in [-0.3, -0.25) is 14.9 Å². The number of amides is 1. The van der Waals surface area contributed by atoms with E-state index in [9.17, 15) is 14.9 Å². The number of carbonyl (C=O) groups is 1. The lowest BCUT2D eigenvalue weighted by Gasteiger charge is -2.24. The summed E-state index contributed by atoms with van der Waals surface area (Å²) in [7, 11) is 0. The molecule has 0 aromatic heterocycles. The predicted molar refractivity (Wildman–Crippen MR) is 61.6 cm³/mol. The molecule has 0 spiro atoms. The molecule has 0 aromatic rings. The van der Waals surface area contributed by atoms with Crippen LogP contribution in [0.2, 0.25) is 0 Å². The average Bonchev–Trinajstić information content (AvgIpc) is 2.54. The van der Waals surface area contributed by atoms with Gasteiger partial charge in [-0.1, -0.05) is 6.08 Å². The third-order valence-electron chi connectivity index (χ3n) is 2.99. The number of hydrogen-bond donors (Lipinski definition) is 1. The second kappa shape index (κ2) is 4.99. The zero-order chi connectivity index (χ0) is 12.3. The third kappa shape index (κ3) is 2.64. The van der Waals surface area contributed by atoms with Crippen LogP contribution in [0.25, 0.3) is 0 Å². The summed E-state index contributed by atoms with van der Waals surface area (Å²) in [6.07, 6.45) is 5.32. The number of nitrogens with zero attached hydrogens (tertiary/aromatic N) is 2. The molecule has 17 heavy (non-hydrogen) atoms. The van der Waals surface area contributed by atoms with Crippen molar-refractivity contribution in [2.75, 3.05) is 19.6 Å². The average molecular weight is 237 g/mol. The van der Waals surface area contributed by atoms with E-state index in [0.29, 0.717) is 44.6 Å². The minimum atomic E-state index is -0.307. The molecule has 0 radical (unpaired) electrons. The number of hydrogen-bond acceptors (Lipinski definition) is 4. The van der Waals surface area contributed by atoms with Gasteiger partial charge < -0.3 is 10.2 Å². The molecule has 1 heterocycles. The van der Waals surface area contributed by atoms with Crippen molar-refractivity contribution in [1.29, 1.82) is 0 Å². The SMILES string of the molecule is O=C1CCN(C2=C([N+](=O)[O-])CCC=C2)CCN1. The first-order chi connectivity index (χ1) is 8.18. The molecule has 0 saturated carbocycles. The van der Waals surface area contributed by atoms with Crippen LogP contribution in [0, 0.1) is 10.1 Å². The van der Waals surface area contributed by atoms with Gasteiger partial charge in [0.25, 0.3) is 5.70 Å². The van der Waals surface area contributed by atoms with Crippen molar-refractivity contribution in [1.82, 2.24) is 10.2 Å². The molecular formula is C11H15N3O3. The Hall–Kier alpha value is -1.85. The Morgan fingerprint density at radius 3 is 2.94 bits per heavy atom. The van der Waals surface area contributed by atoms with Crippen molar-refractivity contribution >= 4 is 5.91 Å². The maximum absolute atomic E-state index is 11.2. The fraction of sp³-hybridized carbons (Fsp3) is 0.545. The van der Waals surface area contributed by atoms with Gasteiger partial charge >= 0.3 is 0 Å². The van der Waals surface area contributed by atoms with E-state index in [1.807, 2.05) is 11.0 Å². The summed E-state index contributed by atoms with van der Waals surface area (Å²) in [6.45, 7) is 1.72. The van der Waals surface area contributed by atoms with Crippen LogP contribution in [0.5, 0.6) is 0 Å². The van der Waals surface area contributed by atoms with E-state index < -0.39 is 0 Å². The van der Waals surface area contributed by atoms with Crippen molar-refractivity contribution in [3.63, 3.8) is 0 Å². The van der Waals surface area contributed by atoms with Gasteiger partial charge in [0.2, 0.25) is 5.91 Å². The zero-order valence-electron chi connectivity index (χ0n) is 9.52. The van der Waals surface area contributed by atoms with Crippen LogP contribution in [-0.4, -0.2) is 35.4 Å². The number of carbonyl (C=O) groups excluding carboxylic acids is 1. The minimum Gasteiger partial charge on any atom is -0.364 e. The van der Waals surface area contributed by atoms with E-state index in [-0.39, 0.29) is 16.5 Å². The van der Waals surface area contributed by atoms with Gasteiger partial charge in [-0.15, -0.1) is 0 Å². The van der Waals surface area contributed by atoms with Crippen LogP contribution >= 0.6 is 0 Å². The van der Waals surface area contributed by atoms with Crippen molar-refractivity contribution in [2.24, 2.45) is 0 Å². The highest BCUT2D eigenvalue weighted by Gasteiger charge is 2.25. The molecule has 1 aliphatic carbocycles. The van der Waals surface area contributed by atoms with Crippen LogP contribution in [0.15, 0.2) is 23.5 Å². The highest BCUT2D eigenvalue weighted by molar-refractivity contribution is 5.76. The molecule has 1 saturated heterocycles. The third-order valence-corrected chi connectivity index (χ3v) is 2.99. The van der Waals surface area contributed by atoms with Gasteiger partial charge in [0.15, 0.2) is 0 Å². The van der Waals surface area contributed by atoms with E-state index in [4.69, 9.17) is 0 Å². The summed E-state index contributed by atoms with van der Waals surface area (Å²) in [5.41, 5.74) is 0.930. The zero-order valence-corrected chi connectivity index (χ0v) is 9.52. The Bertz CT molecular complexity index is 401. The van der Waals surface area contributed by atoms with Crippen LogP contribution in [0.3, 0.4) is 0 Å². The summed E-state index contributed by atoms with van der Waals surface area (Å²) < 4.78 is 0. The number of nitrogens with one attached hydrogen (secondary N) is 1. The molecule has 2 aliphatic rings. The normalized spacial score (nSPS) is 21.2. The van der Waals surface area contributed by atoms with E-state index in [2.05, 4.69) is 5.32 Å². The molecule has 0 atom stereocenters. The van der Waals surface area contributed by atoms with Crippen LogP contribution in [-0.2, 0) is 4.79 Å². The number of nitro groups is 1. The summed E-state index contributed by atoms with van der Waals surface area (Å²) in [4.78, 5) is 23.8. The van der Waals surface area contributed by atoms with E-state index in [0.717, 1.165) is 0 Å². The first kappa shape index (κ1) is 11.6. The smallest absolute Gasteiger partial charge is 0.269 e. The topological polar surface area (TPSA) is 75.5 Å². The van der Waals surface area contributed by atoms with Gasteiger partial charge in [-0.2, -0.15) is 0 Å². The second-order valence-electron chi connectivity index (χ2n) is 4.12. The number of rotatable bonds is 2. The maximum Gasteiger partial charge on any atom is 0.269 e. The monoisotopic (exact) mass is 237 g/mol. The van der Waals surface area contributed by atoms with Crippen molar-refractivity contribution in [3.8, 4) is 0 Å². The fourth-order valence-electron chi connectivity index (χ4n) is 2.12. The molecule has 6 heteroatoms. The number of allylic oxidation sites excluding steroid dienone is 3. The van der Waals surface area contributed by atoms with Gasteiger partial charge in [0, 0.05) is 32.5 Å². The lowest BCUT2D eigenvalue weighted by Crippen LogP contribution is -2.29. The van der Waals surface area contributed by atoms with Crippen LogP contribution in [0.1, 0.15) is 19.3 Å². The minimum absolute atomic E-state index is 0.00976. The van der Waals surface area contributed by atoms with Gasteiger partial charge in [0.05, 0.1) is 4.92 Å². The predicted octanol–water partition coefficient (Wildman–Crippen LogP) is 0.647. The molecule has 0 aromatic carbocycles. The van der Waals surface area contributed by atoms with Crippen molar-refractivity contribution < 1.29 is 9.72 Å². The molecule has 6 nitrogen and oxygen atoms in total. The van der Waals surface area contributed by atoms with Gasteiger partial charge in [-0.25, -0.2) is 0 Å². The molecule has 0 bridgehead atoms. The molecule has 2 rings (SSSR count). The molecular weight excluding hydrogens is 222 g/mol. The molecule has 1 fully saturated rings. The quantitative estimate of drug-likeness (QED) is 0.565. The molecule has 1 amide bonds. The Balaban J connectivity index is 2.21. The Labute approximate surface area is 99.1 Å². The largest absolute Gasteiger partial charge is 0.364 e. The van der Waals surface area contributed by atoms with E-state index in [1.165, 1.54) is 0 Å². The molecule has 1 aliphatic heterocycles. The summed E-state index contributed by atoms with van der Waals surface area (Å²) in [5.74, 6) is 0.00976. The van der Waals surface area contributed by atoms with Gasteiger partial charge in [0.1, 0.15) is 5.70 Å². The first-order valence-corrected chi connectivity index (χ1v) is 5.74. The lowest BCUT2D eigenvalue weighted by atomic mass is 10.1.